The quantitative estimate of drug-likeness (QED) is 0.495. The van der Waals surface area contributed by atoms with Gasteiger partial charge in [0.1, 0.15) is 17.8 Å². The molecule has 2 aliphatic rings. The first-order chi connectivity index (χ1) is 14.8. The zero-order valence-corrected chi connectivity index (χ0v) is 19.7. The number of hydrogen-bond acceptors (Lipinski definition) is 7. The van der Waals surface area contributed by atoms with E-state index in [1.54, 1.807) is 13.8 Å². The lowest BCUT2D eigenvalue weighted by Gasteiger charge is -2.34. The van der Waals surface area contributed by atoms with E-state index >= 15 is 8.78 Å². The highest BCUT2D eigenvalue weighted by atomic mass is 19.1. The van der Waals surface area contributed by atoms with Crippen molar-refractivity contribution < 1.29 is 42.5 Å². The molecule has 2 heterocycles. The average Bonchev–Trinajstić information content (AvgIpc) is 3.06. The molecule has 0 aliphatic carbocycles. The Balaban J connectivity index is 2.53. The number of Topliss-reactive ketones (excluding diaryl/α,β-unsaturated/α-hetero) is 2. The van der Waals surface area contributed by atoms with Crippen molar-refractivity contribution >= 4 is 17.5 Å². The van der Waals surface area contributed by atoms with Crippen molar-refractivity contribution in [1.29, 1.82) is 0 Å². The molecule has 1 N–H and O–H groups in total. The van der Waals surface area contributed by atoms with Crippen LogP contribution in [-0.4, -0.2) is 71.1 Å². The van der Waals surface area contributed by atoms with E-state index in [-0.39, 0.29) is 19.4 Å². The van der Waals surface area contributed by atoms with Crippen LogP contribution in [0.1, 0.15) is 67.2 Å². The van der Waals surface area contributed by atoms with Crippen molar-refractivity contribution in [2.45, 2.75) is 109 Å². The normalized spacial score (nSPS) is 43.9. The van der Waals surface area contributed by atoms with Gasteiger partial charge in [0.05, 0.1) is 12.0 Å². The molecule has 184 valence electrons. The molecule has 9 heteroatoms. The maximum Gasteiger partial charge on any atom is 0.311 e. The first-order valence-corrected chi connectivity index (χ1v) is 11.4. The molecule has 0 saturated carbocycles. The number of fused-ring (bicyclic) bond motifs is 2. The van der Waals surface area contributed by atoms with Crippen molar-refractivity contribution in [2.75, 3.05) is 6.61 Å². The minimum atomic E-state index is -2.34. The zero-order valence-electron chi connectivity index (χ0n) is 19.7. The van der Waals surface area contributed by atoms with E-state index in [1.807, 2.05) is 6.92 Å². The van der Waals surface area contributed by atoms with E-state index in [1.165, 1.54) is 13.8 Å². The SMILES string of the molecule is CCCCO[C@@H]1[C@@H](C)C(=O)O[C@H](CC)[C@@](C)(O)C(=O)[C@H](F)[C@H]2O[C@](C)(C[C@H]2C)C(=O)[C@@H]1F. The Hall–Kier alpha value is -1.45. The van der Waals surface area contributed by atoms with Gasteiger partial charge in [-0.25, -0.2) is 8.78 Å². The van der Waals surface area contributed by atoms with Gasteiger partial charge in [0.2, 0.25) is 11.6 Å². The van der Waals surface area contributed by atoms with E-state index in [0.29, 0.717) is 6.42 Å². The molecule has 2 saturated heterocycles. The summed E-state index contributed by atoms with van der Waals surface area (Å²) in [6.45, 7) is 9.02. The van der Waals surface area contributed by atoms with E-state index in [0.717, 1.165) is 13.3 Å². The van der Waals surface area contributed by atoms with Crippen LogP contribution in [0.3, 0.4) is 0 Å². The molecular formula is C23H36F2O7. The Morgan fingerprint density at radius 2 is 1.72 bits per heavy atom. The van der Waals surface area contributed by atoms with Crippen molar-refractivity contribution in [3.63, 3.8) is 0 Å². The van der Waals surface area contributed by atoms with Gasteiger partial charge in [-0.3, -0.25) is 14.4 Å². The second-order valence-electron chi connectivity index (χ2n) is 9.49. The molecule has 0 amide bonds. The standard InChI is InChI=1S/C23H36F2O7/c1-7-9-10-30-18-13(4)21(28)31-14(8-2)23(6,29)20(27)15(24)17-12(3)11-22(5,32-17)19(26)16(18)25/h12-18,29H,7-11H2,1-6H3/t12-,13-,14-,15-,16-,17+,18-,22-,23-/m1/s1. The van der Waals surface area contributed by atoms with Gasteiger partial charge in [-0.1, -0.05) is 27.2 Å². The fourth-order valence-corrected chi connectivity index (χ4v) is 4.55. The minimum absolute atomic E-state index is 0.00945. The van der Waals surface area contributed by atoms with Crippen molar-refractivity contribution in [3.8, 4) is 0 Å². The number of ketones is 2. The number of unbranched alkanes of at least 4 members (excludes halogenated alkanes) is 1. The fraction of sp³-hybridized carbons (Fsp3) is 0.870. The molecule has 2 aliphatic heterocycles. The largest absolute Gasteiger partial charge is 0.459 e. The molecule has 2 rings (SSSR count). The number of ether oxygens (including phenoxy) is 3. The van der Waals surface area contributed by atoms with Crippen LogP contribution in [0.2, 0.25) is 0 Å². The number of halogens is 2. The molecule has 2 bridgehead atoms. The van der Waals surface area contributed by atoms with Gasteiger partial charge in [-0.2, -0.15) is 0 Å². The van der Waals surface area contributed by atoms with Crippen molar-refractivity contribution in [3.05, 3.63) is 0 Å². The molecule has 7 nitrogen and oxygen atoms in total. The Labute approximate surface area is 188 Å². The summed E-state index contributed by atoms with van der Waals surface area (Å²) in [4.78, 5) is 38.8. The third-order valence-electron chi connectivity index (χ3n) is 6.70. The Bertz CT molecular complexity index is 712. The fourth-order valence-electron chi connectivity index (χ4n) is 4.55. The first kappa shape index (κ1) is 26.8. The summed E-state index contributed by atoms with van der Waals surface area (Å²) in [7, 11) is 0. The van der Waals surface area contributed by atoms with Gasteiger partial charge in [0, 0.05) is 6.61 Å². The number of aliphatic hydroxyl groups is 1. The first-order valence-electron chi connectivity index (χ1n) is 11.4. The van der Waals surface area contributed by atoms with E-state index in [9.17, 15) is 19.5 Å². The Kier molecular flexibility index (Phi) is 8.56. The molecule has 2 fully saturated rings. The highest BCUT2D eigenvalue weighted by Gasteiger charge is 2.57. The second kappa shape index (κ2) is 10.2. The molecule has 0 aromatic carbocycles. The van der Waals surface area contributed by atoms with Crippen LogP contribution in [-0.2, 0) is 28.6 Å². The van der Waals surface area contributed by atoms with Crippen LogP contribution in [0.5, 0.6) is 0 Å². The number of hydrogen-bond donors (Lipinski definition) is 1. The van der Waals surface area contributed by atoms with Crippen LogP contribution in [0.4, 0.5) is 8.78 Å². The van der Waals surface area contributed by atoms with Crippen molar-refractivity contribution in [2.24, 2.45) is 11.8 Å². The number of esters is 1. The number of rotatable bonds is 5. The molecule has 0 aromatic heterocycles. The predicted molar refractivity (Wildman–Crippen MR) is 111 cm³/mol. The summed E-state index contributed by atoms with van der Waals surface area (Å²) in [6, 6.07) is 0. The molecule has 0 radical (unpaired) electrons. The third-order valence-corrected chi connectivity index (χ3v) is 6.70. The topological polar surface area (TPSA) is 99.1 Å². The molecule has 32 heavy (non-hydrogen) atoms. The highest BCUT2D eigenvalue weighted by Crippen LogP contribution is 2.41. The summed E-state index contributed by atoms with van der Waals surface area (Å²) < 4.78 is 47.4. The van der Waals surface area contributed by atoms with Gasteiger partial charge in [-0.05, 0) is 46.0 Å². The van der Waals surface area contributed by atoms with Crippen LogP contribution in [0.25, 0.3) is 0 Å². The highest BCUT2D eigenvalue weighted by molar-refractivity contribution is 5.94. The predicted octanol–water partition coefficient (Wildman–Crippen LogP) is 2.89. The van der Waals surface area contributed by atoms with Gasteiger partial charge in [0.25, 0.3) is 0 Å². The second-order valence-corrected chi connectivity index (χ2v) is 9.49. The molecule has 9 atom stereocenters. The van der Waals surface area contributed by atoms with Gasteiger partial charge in [0.15, 0.2) is 17.9 Å². The minimum Gasteiger partial charge on any atom is -0.459 e. The lowest BCUT2D eigenvalue weighted by Crippen LogP contribution is -2.55. The lowest BCUT2D eigenvalue weighted by molar-refractivity contribution is -0.181. The van der Waals surface area contributed by atoms with E-state index in [2.05, 4.69) is 0 Å². The van der Waals surface area contributed by atoms with Gasteiger partial charge < -0.3 is 19.3 Å². The van der Waals surface area contributed by atoms with E-state index in [4.69, 9.17) is 14.2 Å². The number of carbonyl (C=O) groups excluding carboxylic acids is 3. The summed E-state index contributed by atoms with van der Waals surface area (Å²) in [5.41, 5.74) is -4.04. The van der Waals surface area contributed by atoms with Crippen LogP contribution < -0.4 is 0 Å². The van der Waals surface area contributed by atoms with Crippen LogP contribution in [0.15, 0.2) is 0 Å². The summed E-state index contributed by atoms with van der Waals surface area (Å²) in [5.74, 6) is -4.92. The molecule has 0 spiro atoms. The number of alkyl halides is 2. The van der Waals surface area contributed by atoms with Crippen LogP contribution in [0, 0.1) is 11.8 Å². The van der Waals surface area contributed by atoms with Gasteiger partial charge >= 0.3 is 5.97 Å². The Morgan fingerprint density at radius 3 is 2.28 bits per heavy atom. The van der Waals surface area contributed by atoms with Crippen LogP contribution >= 0.6 is 0 Å². The monoisotopic (exact) mass is 462 g/mol. The van der Waals surface area contributed by atoms with E-state index < -0.39 is 71.2 Å². The third kappa shape index (κ3) is 5.04. The average molecular weight is 463 g/mol. The zero-order chi connectivity index (χ0) is 24.4. The molecule has 0 aromatic rings. The summed E-state index contributed by atoms with van der Waals surface area (Å²) >= 11 is 0. The Morgan fingerprint density at radius 1 is 1.09 bits per heavy atom. The van der Waals surface area contributed by atoms with Crippen molar-refractivity contribution in [1.82, 2.24) is 0 Å². The maximum atomic E-state index is 15.5. The summed E-state index contributed by atoms with van der Waals surface area (Å²) in [5, 5.41) is 10.9. The smallest absolute Gasteiger partial charge is 0.311 e. The molecular weight excluding hydrogens is 426 g/mol. The summed E-state index contributed by atoms with van der Waals surface area (Å²) in [6.07, 6.45) is -7.30. The lowest BCUT2D eigenvalue weighted by atomic mass is 9.82. The number of cyclic esters (lactones) is 1. The van der Waals surface area contributed by atoms with Gasteiger partial charge in [-0.15, -0.1) is 0 Å². The molecule has 0 unspecified atom stereocenters. The maximum absolute atomic E-state index is 15.5. The number of carbonyl (C=O) groups is 3.